The van der Waals surface area contributed by atoms with Gasteiger partial charge in [0.2, 0.25) is 0 Å². The van der Waals surface area contributed by atoms with E-state index >= 15 is 0 Å². The fourth-order valence-electron chi connectivity index (χ4n) is 2.14. The summed E-state index contributed by atoms with van der Waals surface area (Å²) in [6.07, 6.45) is 0.721. The highest BCUT2D eigenvalue weighted by Gasteiger charge is 2.32. The lowest BCUT2D eigenvalue weighted by Crippen LogP contribution is -2.28. The third-order valence-electron chi connectivity index (χ3n) is 3.32. The standard InChI is InChI=1S/C12H18N2O3S/c1-8-7-11(13)10(3)12(9(8)2)18(15,16)14-5-4-6-17-14/h7H,4-6,13H2,1-3H3. The summed E-state index contributed by atoms with van der Waals surface area (Å²) in [5.74, 6) is 0. The first-order valence-corrected chi connectivity index (χ1v) is 7.31. The van der Waals surface area contributed by atoms with Gasteiger partial charge in [-0.1, -0.05) is 4.47 Å². The van der Waals surface area contributed by atoms with Gasteiger partial charge in [0.1, 0.15) is 0 Å². The fraction of sp³-hybridized carbons (Fsp3) is 0.500. The van der Waals surface area contributed by atoms with E-state index in [1.165, 1.54) is 0 Å². The molecule has 1 saturated heterocycles. The Labute approximate surface area is 108 Å². The molecule has 0 aromatic heterocycles. The van der Waals surface area contributed by atoms with Gasteiger partial charge in [-0.3, -0.25) is 4.84 Å². The molecule has 100 valence electrons. The highest BCUT2D eigenvalue weighted by atomic mass is 32.2. The number of sulfonamides is 1. The lowest BCUT2D eigenvalue weighted by molar-refractivity contribution is -0.0285. The van der Waals surface area contributed by atoms with Crippen LogP contribution in [0.5, 0.6) is 0 Å². The Bertz CT molecular complexity index is 549. The zero-order valence-corrected chi connectivity index (χ0v) is 11.7. The van der Waals surface area contributed by atoms with Gasteiger partial charge in [-0.15, -0.1) is 0 Å². The molecule has 1 aliphatic heterocycles. The number of nitrogen functional groups attached to an aromatic ring is 1. The Morgan fingerprint density at radius 1 is 1.28 bits per heavy atom. The average molecular weight is 270 g/mol. The van der Waals surface area contributed by atoms with Crippen molar-refractivity contribution in [1.82, 2.24) is 4.47 Å². The Kier molecular flexibility index (Phi) is 3.35. The summed E-state index contributed by atoms with van der Waals surface area (Å²) in [7, 11) is -3.61. The molecule has 6 heteroatoms. The Morgan fingerprint density at radius 3 is 2.50 bits per heavy atom. The average Bonchev–Trinajstić information content (AvgIpc) is 2.80. The Morgan fingerprint density at radius 2 is 1.94 bits per heavy atom. The second-order valence-electron chi connectivity index (χ2n) is 4.58. The van der Waals surface area contributed by atoms with Gasteiger partial charge in [-0.05, 0) is 49.9 Å². The van der Waals surface area contributed by atoms with E-state index in [1.54, 1.807) is 19.9 Å². The summed E-state index contributed by atoms with van der Waals surface area (Å²) >= 11 is 0. The van der Waals surface area contributed by atoms with Gasteiger partial charge in [-0.2, -0.15) is 0 Å². The molecule has 0 saturated carbocycles. The molecule has 2 rings (SSSR count). The van der Waals surface area contributed by atoms with E-state index < -0.39 is 10.0 Å². The number of nitrogens with zero attached hydrogens (tertiary/aromatic N) is 1. The highest BCUT2D eigenvalue weighted by molar-refractivity contribution is 7.89. The summed E-state index contributed by atoms with van der Waals surface area (Å²) in [5, 5.41) is 0. The van der Waals surface area contributed by atoms with Crippen LogP contribution in [0.4, 0.5) is 5.69 Å². The number of anilines is 1. The molecular formula is C12H18N2O3S. The molecule has 1 aliphatic rings. The van der Waals surface area contributed by atoms with Crippen molar-refractivity contribution in [1.29, 1.82) is 0 Å². The summed E-state index contributed by atoms with van der Waals surface area (Å²) in [6, 6.07) is 1.80. The van der Waals surface area contributed by atoms with Crippen molar-refractivity contribution in [3.05, 3.63) is 22.8 Å². The van der Waals surface area contributed by atoms with E-state index in [1.807, 2.05) is 6.92 Å². The van der Waals surface area contributed by atoms with Gasteiger partial charge in [0.25, 0.3) is 10.0 Å². The van der Waals surface area contributed by atoms with Crippen molar-refractivity contribution in [3.63, 3.8) is 0 Å². The first-order valence-electron chi connectivity index (χ1n) is 5.87. The van der Waals surface area contributed by atoms with Crippen LogP contribution in [0.15, 0.2) is 11.0 Å². The predicted octanol–water partition coefficient (Wildman–Crippen LogP) is 1.52. The summed E-state index contributed by atoms with van der Waals surface area (Å²) < 4.78 is 26.1. The van der Waals surface area contributed by atoms with Crippen LogP contribution in [-0.4, -0.2) is 26.0 Å². The summed E-state index contributed by atoms with van der Waals surface area (Å²) in [4.78, 5) is 5.45. The molecule has 1 aromatic rings. The molecule has 1 fully saturated rings. The van der Waals surface area contributed by atoms with Gasteiger partial charge in [0, 0.05) is 12.2 Å². The second kappa shape index (κ2) is 4.53. The molecule has 0 bridgehead atoms. The van der Waals surface area contributed by atoms with Crippen molar-refractivity contribution in [2.24, 2.45) is 0 Å². The molecule has 2 N–H and O–H groups in total. The first kappa shape index (κ1) is 13.3. The van der Waals surface area contributed by atoms with E-state index in [2.05, 4.69) is 0 Å². The first-order chi connectivity index (χ1) is 8.35. The number of rotatable bonds is 2. The molecule has 0 unspecified atom stereocenters. The summed E-state index contributed by atoms with van der Waals surface area (Å²) in [6.45, 7) is 6.22. The van der Waals surface area contributed by atoms with Gasteiger partial charge < -0.3 is 5.73 Å². The van der Waals surface area contributed by atoms with Crippen LogP contribution in [0, 0.1) is 20.8 Å². The molecule has 18 heavy (non-hydrogen) atoms. The van der Waals surface area contributed by atoms with E-state index in [-0.39, 0.29) is 4.90 Å². The molecule has 0 atom stereocenters. The fourth-order valence-corrected chi connectivity index (χ4v) is 3.98. The minimum atomic E-state index is -3.61. The smallest absolute Gasteiger partial charge is 0.265 e. The minimum absolute atomic E-state index is 0.280. The topological polar surface area (TPSA) is 72.6 Å². The van der Waals surface area contributed by atoms with Crippen LogP contribution in [0.1, 0.15) is 23.1 Å². The number of aryl methyl sites for hydroxylation is 1. The minimum Gasteiger partial charge on any atom is -0.398 e. The van der Waals surface area contributed by atoms with E-state index in [4.69, 9.17) is 10.6 Å². The maximum Gasteiger partial charge on any atom is 0.265 e. The maximum atomic E-state index is 12.5. The molecule has 1 heterocycles. The molecular weight excluding hydrogens is 252 g/mol. The van der Waals surface area contributed by atoms with Crippen molar-refractivity contribution in [2.45, 2.75) is 32.1 Å². The van der Waals surface area contributed by atoms with E-state index in [0.717, 1.165) is 22.0 Å². The van der Waals surface area contributed by atoms with Crippen molar-refractivity contribution < 1.29 is 13.3 Å². The van der Waals surface area contributed by atoms with Gasteiger partial charge in [-0.25, -0.2) is 8.42 Å². The maximum absolute atomic E-state index is 12.5. The zero-order valence-electron chi connectivity index (χ0n) is 10.9. The molecule has 5 nitrogen and oxygen atoms in total. The number of benzene rings is 1. The largest absolute Gasteiger partial charge is 0.398 e. The van der Waals surface area contributed by atoms with Gasteiger partial charge in [0.05, 0.1) is 11.5 Å². The Balaban J connectivity index is 2.63. The van der Waals surface area contributed by atoms with Gasteiger partial charge in [0.15, 0.2) is 0 Å². The highest BCUT2D eigenvalue weighted by Crippen LogP contribution is 2.31. The zero-order chi connectivity index (χ0) is 13.5. The number of nitrogens with two attached hydrogens (primary N) is 1. The van der Waals surface area contributed by atoms with Crippen LogP contribution >= 0.6 is 0 Å². The predicted molar refractivity (Wildman–Crippen MR) is 69.5 cm³/mol. The van der Waals surface area contributed by atoms with Crippen molar-refractivity contribution >= 4 is 15.7 Å². The monoisotopic (exact) mass is 270 g/mol. The molecule has 0 aliphatic carbocycles. The van der Waals surface area contributed by atoms with Crippen LogP contribution in [-0.2, 0) is 14.9 Å². The molecule has 0 spiro atoms. The normalized spacial score (nSPS) is 17.3. The lowest BCUT2D eigenvalue weighted by atomic mass is 10.1. The van der Waals surface area contributed by atoms with Crippen molar-refractivity contribution in [3.8, 4) is 0 Å². The van der Waals surface area contributed by atoms with E-state index in [9.17, 15) is 8.42 Å². The molecule has 0 amide bonds. The van der Waals surface area contributed by atoms with Crippen LogP contribution in [0.2, 0.25) is 0 Å². The second-order valence-corrected chi connectivity index (χ2v) is 6.35. The molecule has 1 aromatic carbocycles. The number of hydroxylamine groups is 1. The SMILES string of the molecule is Cc1cc(N)c(C)c(S(=O)(=O)N2CCCO2)c1C. The van der Waals surface area contributed by atoms with Gasteiger partial charge >= 0.3 is 0 Å². The quantitative estimate of drug-likeness (QED) is 0.827. The Hall–Kier alpha value is -1.11. The number of hydrogen-bond donors (Lipinski definition) is 1. The van der Waals surface area contributed by atoms with Crippen molar-refractivity contribution in [2.75, 3.05) is 18.9 Å². The third-order valence-corrected chi connectivity index (χ3v) is 5.28. The van der Waals surface area contributed by atoms with E-state index in [0.29, 0.717) is 24.4 Å². The number of hydrogen-bond acceptors (Lipinski definition) is 4. The third kappa shape index (κ3) is 2.00. The van der Waals surface area contributed by atoms with Crippen LogP contribution < -0.4 is 5.73 Å². The van der Waals surface area contributed by atoms with Crippen LogP contribution in [0.3, 0.4) is 0 Å². The van der Waals surface area contributed by atoms with Crippen LogP contribution in [0.25, 0.3) is 0 Å². The summed E-state index contributed by atoms with van der Waals surface area (Å²) in [5.41, 5.74) is 8.55. The lowest BCUT2D eigenvalue weighted by Gasteiger charge is -2.20. The molecule has 0 radical (unpaired) electrons.